The van der Waals surface area contributed by atoms with Crippen molar-refractivity contribution in [1.82, 2.24) is 14.8 Å². The lowest BCUT2D eigenvalue weighted by atomic mass is 10.2. The molecular formula is C9H18N4OS. The second-order valence-electron chi connectivity index (χ2n) is 3.61. The summed E-state index contributed by atoms with van der Waals surface area (Å²) in [5.74, 6) is 1.33. The van der Waals surface area contributed by atoms with Crippen LogP contribution in [0.2, 0.25) is 0 Å². The minimum absolute atomic E-state index is 0.125. The Morgan fingerprint density at radius 1 is 1.67 bits per heavy atom. The quantitative estimate of drug-likeness (QED) is 0.704. The number of nitrogens with zero attached hydrogens (tertiary/aromatic N) is 2. The molecule has 0 amide bonds. The number of aromatic amines is 1. The third kappa shape index (κ3) is 3.39. The van der Waals surface area contributed by atoms with Crippen LogP contribution in [0.15, 0.2) is 9.95 Å². The zero-order valence-corrected chi connectivity index (χ0v) is 10.0. The molecule has 1 rings (SSSR count). The fourth-order valence-corrected chi connectivity index (χ4v) is 2.13. The molecule has 15 heavy (non-hydrogen) atoms. The SMILES string of the molecule is CCCn1c(SCC(C)CN)n[nH]c1=O. The van der Waals surface area contributed by atoms with Gasteiger partial charge in [0.2, 0.25) is 0 Å². The predicted octanol–water partition coefficient (Wildman–Crippen LogP) is 0.668. The van der Waals surface area contributed by atoms with Crippen LogP contribution in [0.5, 0.6) is 0 Å². The predicted molar refractivity (Wildman–Crippen MR) is 62.1 cm³/mol. The van der Waals surface area contributed by atoms with Crippen molar-refractivity contribution in [1.29, 1.82) is 0 Å². The number of nitrogens with two attached hydrogens (primary N) is 1. The number of aromatic nitrogens is 3. The van der Waals surface area contributed by atoms with Gasteiger partial charge in [0.1, 0.15) is 0 Å². The number of thioether (sulfide) groups is 1. The van der Waals surface area contributed by atoms with E-state index < -0.39 is 0 Å². The van der Waals surface area contributed by atoms with Crippen molar-refractivity contribution >= 4 is 11.8 Å². The van der Waals surface area contributed by atoms with Gasteiger partial charge in [-0.15, -0.1) is 5.10 Å². The molecule has 86 valence electrons. The van der Waals surface area contributed by atoms with Crippen LogP contribution in [0.4, 0.5) is 0 Å². The van der Waals surface area contributed by atoms with Crippen molar-refractivity contribution < 1.29 is 0 Å². The van der Waals surface area contributed by atoms with Crippen molar-refractivity contribution in [3.63, 3.8) is 0 Å². The summed E-state index contributed by atoms with van der Waals surface area (Å²) in [6.45, 7) is 5.50. The van der Waals surface area contributed by atoms with Gasteiger partial charge in [0.15, 0.2) is 5.16 Å². The average Bonchev–Trinajstić information content (AvgIpc) is 2.58. The summed E-state index contributed by atoms with van der Waals surface area (Å²) in [7, 11) is 0. The molecule has 0 aromatic carbocycles. The van der Waals surface area contributed by atoms with Crippen LogP contribution in [0.3, 0.4) is 0 Å². The lowest BCUT2D eigenvalue weighted by Crippen LogP contribution is -2.18. The third-order valence-corrected chi connectivity index (χ3v) is 3.38. The number of H-pyrrole nitrogens is 1. The summed E-state index contributed by atoms with van der Waals surface area (Å²) in [5.41, 5.74) is 5.40. The van der Waals surface area contributed by atoms with Crippen LogP contribution < -0.4 is 11.4 Å². The number of rotatable bonds is 6. The van der Waals surface area contributed by atoms with Gasteiger partial charge in [-0.2, -0.15) is 0 Å². The van der Waals surface area contributed by atoms with E-state index in [9.17, 15) is 4.79 Å². The lowest BCUT2D eigenvalue weighted by molar-refractivity contribution is 0.601. The molecule has 0 aliphatic heterocycles. The Hall–Kier alpha value is -0.750. The molecule has 0 saturated carbocycles. The molecule has 0 bridgehead atoms. The normalized spacial score (nSPS) is 13.0. The minimum Gasteiger partial charge on any atom is -0.330 e. The summed E-state index contributed by atoms with van der Waals surface area (Å²) in [6.07, 6.45) is 0.930. The van der Waals surface area contributed by atoms with Crippen molar-refractivity contribution in [3.8, 4) is 0 Å². The van der Waals surface area contributed by atoms with Gasteiger partial charge in [0, 0.05) is 12.3 Å². The first-order valence-corrected chi connectivity index (χ1v) is 6.15. The number of hydrogen-bond donors (Lipinski definition) is 2. The number of hydrogen-bond acceptors (Lipinski definition) is 4. The monoisotopic (exact) mass is 230 g/mol. The molecule has 1 aromatic rings. The maximum atomic E-state index is 11.4. The Morgan fingerprint density at radius 2 is 2.40 bits per heavy atom. The van der Waals surface area contributed by atoms with Gasteiger partial charge >= 0.3 is 5.69 Å². The largest absolute Gasteiger partial charge is 0.343 e. The van der Waals surface area contributed by atoms with E-state index in [4.69, 9.17) is 5.73 Å². The van der Waals surface area contributed by atoms with Gasteiger partial charge in [-0.1, -0.05) is 25.6 Å². The van der Waals surface area contributed by atoms with E-state index in [1.54, 1.807) is 16.3 Å². The summed E-state index contributed by atoms with van der Waals surface area (Å²) in [4.78, 5) is 11.4. The smallest absolute Gasteiger partial charge is 0.330 e. The van der Waals surface area contributed by atoms with Gasteiger partial charge in [-0.3, -0.25) is 4.57 Å². The Labute approximate surface area is 93.4 Å². The van der Waals surface area contributed by atoms with Gasteiger partial charge in [0.25, 0.3) is 0 Å². The lowest BCUT2D eigenvalue weighted by Gasteiger charge is -2.07. The van der Waals surface area contributed by atoms with Crippen LogP contribution >= 0.6 is 11.8 Å². The summed E-state index contributed by atoms with van der Waals surface area (Å²) in [5, 5.41) is 7.22. The number of nitrogens with one attached hydrogen (secondary N) is 1. The van der Waals surface area contributed by atoms with E-state index in [2.05, 4.69) is 17.1 Å². The minimum atomic E-state index is -0.125. The summed E-state index contributed by atoms with van der Waals surface area (Å²) < 4.78 is 1.67. The highest BCUT2D eigenvalue weighted by molar-refractivity contribution is 7.99. The average molecular weight is 230 g/mol. The van der Waals surface area contributed by atoms with Crippen LogP contribution in [-0.4, -0.2) is 27.1 Å². The maximum absolute atomic E-state index is 11.4. The maximum Gasteiger partial charge on any atom is 0.343 e. The van der Waals surface area contributed by atoms with E-state index in [0.29, 0.717) is 19.0 Å². The van der Waals surface area contributed by atoms with Gasteiger partial charge in [-0.25, -0.2) is 9.89 Å². The molecular weight excluding hydrogens is 212 g/mol. The van der Waals surface area contributed by atoms with Gasteiger partial charge in [-0.05, 0) is 18.9 Å². The highest BCUT2D eigenvalue weighted by Gasteiger charge is 2.09. The third-order valence-electron chi connectivity index (χ3n) is 2.07. The molecule has 0 radical (unpaired) electrons. The van der Waals surface area contributed by atoms with Gasteiger partial charge < -0.3 is 5.73 Å². The van der Waals surface area contributed by atoms with E-state index in [1.807, 2.05) is 6.92 Å². The summed E-state index contributed by atoms with van der Waals surface area (Å²) >= 11 is 1.58. The molecule has 1 unspecified atom stereocenters. The summed E-state index contributed by atoms with van der Waals surface area (Å²) in [6, 6.07) is 0. The Kier molecular flexibility index (Phi) is 4.90. The van der Waals surface area contributed by atoms with Crippen LogP contribution in [0.1, 0.15) is 20.3 Å². The first-order valence-electron chi connectivity index (χ1n) is 5.17. The highest BCUT2D eigenvalue weighted by Crippen LogP contribution is 2.16. The van der Waals surface area contributed by atoms with Crippen LogP contribution in [0, 0.1) is 5.92 Å². The first-order chi connectivity index (χ1) is 7.19. The topological polar surface area (TPSA) is 76.7 Å². The molecule has 0 saturated heterocycles. The highest BCUT2D eigenvalue weighted by atomic mass is 32.2. The zero-order chi connectivity index (χ0) is 11.3. The van der Waals surface area contributed by atoms with Crippen LogP contribution in [-0.2, 0) is 6.54 Å². The molecule has 1 atom stereocenters. The van der Waals surface area contributed by atoms with Crippen molar-refractivity contribution in [2.45, 2.75) is 32.0 Å². The molecule has 0 aliphatic carbocycles. The second kappa shape index (κ2) is 5.97. The van der Waals surface area contributed by atoms with Crippen molar-refractivity contribution in [3.05, 3.63) is 10.5 Å². The van der Waals surface area contributed by atoms with E-state index in [0.717, 1.165) is 17.3 Å². The standard InChI is InChI=1S/C9H18N4OS/c1-3-4-13-8(14)11-12-9(13)15-6-7(2)5-10/h7H,3-6,10H2,1-2H3,(H,11,14). The van der Waals surface area contributed by atoms with Crippen molar-refractivity contribution in [2.24, 2.45) is 11.7 Å². The van der Waals surface area contributed by atoms with Gasteiger partial charge in [0.05, 0.1) is 0 Å². The molecule has 0 fully saturated rings. The first kappa shape index (κ1) is 12.3. The fraction of sp³-hybridized carbons (Fsp3) is 0.778. The zero-order valence-electron chi connectivity index (χ0n) is 9.19. The molecule has 1 heterocycles. The Balaban J connectivity index is 2.64. The second-order valence-corrected chi connectivity index (χ2v) is 4.60. The fourth-order valence-electron chi connectivity index (χ4n) is 1.12. The molecule has 3 N–H and O–H groups in total. The molecule has 0 aliphatic rings. The van der Waals surface area contributed by atoms with E-state index >= 15 is 0 Å². The molecule has 5 nitrogen and oxygen atoms in total. The Bertz CT molecular complexity index is 346. The van der Waals surface area contributed by atoms with E-state index in [1.165, 1.54) is 0 Å². The van der Waals surface area contributed by atoms with Crippen LogP contribution in [0.25, 0.3) is 0 Å². The van der Waals surface area contributed by atoms with Crippen molar-refractivity contribution in [2.75, 3.05) is 12.3 Å². The molecule has 0 spiro atoms. The molecule has 1 aromatic heterocycles. The molecule has 6 heteroatoms. The Morgan fingerprint density at radius 3 is 3.00 bits per heavy atom. The van der Waals surface area contributed by atoms with E-state index in [-0.39, 0.29) is 5.69 Å².